The molecule has 1 aromatic rings. The Bertz CT molecular complexity index is 519. The Kier molecular flexibility index (Phi) is 3.30. The largest absolute Gasteiger partial charge is 0.213 e. The zero-order chi connectivity index (χ0) is 13.3. The molecule has 8 heteroatoms. The summed E-state index contributed by atoms with van der Waals surface area (Å²) in [7, 11) is -3.20. The van der Waals surface area contributed by atoms with Crippen LogP contribution >= 0.6 is 0 Å². The van der Waals surface area contributed by atoms with Crippen LogP contribution in [0.1, 0.15) is 32.1 Å². The van der Waals surface area contributed by atoms with Crippen LogP contribution in [0.25, 0.3) is 0 Å². The minimum Gasteiger partial charge on any atom is -0.213 e. The zero-order valence-corrected chi connectivity index (χ0v) is 11.6. The Morgan fingerprint density at radius 1 is 1.37 bits per heavy atom. The van der Waals surface area contributed by atoms with Crippen molar-refractivity contribution in [3.05, 3.63) is 6.33 Å². The second kappa shape index (κ2) is 4.82. The molecular weight excluding hydrogens is 266 g/mol. The number of tetrazole rings is 1. The summed E-state index contributed by atoms with van der Waals surface area (Å²) in [6.45, 7) is 0.729. The van der Waals surface area contributed by atoms with Gasteiger partial charge in [-0.3, -0.25) is 0 Å². The summed E-state index contributed by atoms with van der Waals surface area (Å²) >= 11 is 0. The van der Waals surface area contributed by atoms with Crippen molar-refractivity contribution in [2.45, 2.75) is 38.6 Å². The van der Waals surface area contributed by atoms with E-state index in [0.29, 0.717) is 13.1 Å². The molecule has 0 spiro atoms. The Morgan fingerprint density at radius 3 is 2.74 bits per heavy atom. The predicted octanol–water partition coefficient (Wildman–Crippen LogP) is 0.173. The predicted molar refractivity (Wildman–Crippen MR) is 68.6 cm³/mol. The summed E-state index contributed by atoms with van der Waals surface area (Å²) in [5, 5.41) is 11.1. The highest BCUT2D eigenvalue weighted by atomic mass is 32.2. The molecule has 2 saturated carbocycles. The maximum absolute atomic E-state index is 12.1. The molecule has 19 heavy (non-hydrogen) atoms. The maximum Gasteiger partial charge on any atom is 0.212 e. The molecule has 3 rings (SSSR count). The minimum absolute atomic E-state index is 0.0575. The second-order valence-corrected chi connectivity index (χ2v) is 7.64. The first-order chi connectivity index (χ1) is 9.07. The van der Waals surface area contributed by atoms with Crippen LogP contribution in [0.5, 0.6) is 0 Å². The van der Waals surface area contributed by atoms with E-state index in [4.69, 9.17) is 0 Å². The van der Waals surface area contributed by atoms with Crippen LogP contribution in [0.15, 0.2) is 6.33 Å². The third kappa shape index (κ3) is 2.94. The van der Waals surface area contributed by atoms with Crippen molar-refractivity contribution in [3.63, 3.8) is 0 Å². The van der Waals surface area contributed by atoms with Gasteiger partial charge in [0.1, 0.15) is 0 Å². The Hall–Kier alpha value is -1.02. The molecule has 0 unspecified atom stereocenters. The lowest BCUT2D eigenvalue weighted by molar-refractivity contribution is 0.332. The first-order valence-electron chi connectivity index (χ1n) is 6.75. The minimum atomic E-state index is -3.20. The monoisotopic (exact) mass is 285 g/mol. The van der Waals surface area contributed by atoms with Gasteiger partial charge in [0.2, 0.25) is 10.0 Å². The zero-order valence-electron chi connectivity index (χ0n) is 10.8. The van der Waals surface area contributed by atoms with Crippen molar-refractivity contribution >= 4 is 10.0 Å². The number of hydrogen-bond donors (Lipinski definition) is 1. The number of sulfonamides is 1. The molecule has 0 aromatic carbocycles. The van der Waals surface area contributed by atoms with Crippen LogP contribution < -0.4 is 4.72 Å². The second-order valence-electron chi connectivity index (χ2n) is 5.83. The van der Waals surface area contributed by atoms with E-state index in [1.165, 1.54) is 24.0 Å². The summed E-state index contributed by atoms with van der Waals surface area (Å²) in [5.41, 5.74) is 0.0575. The Labute approximate surface area is 112 Å². The SMILES string of the molecule is O=S(=O)(CC12CCC(CC1)C2)NCCn1ncnn1. The third-order valence-corrected chi connectivity index (χ3v) is 6.05. The van der Waals surface area contributed by atoms with Gasteiger partial charge in [0.15, 0.2) is 6.33 Å². The molecule has 0 amide bonds. The lowest BCUT2D eigenvalue weighted by Crippen LogP contribution is -2.36. The van der Waals surface area contributed by atoms with Crippen molar-refractivity contribution in [3.8, 4) is 0 Å². The normalized spacial score (nSPS) is 30.0. The Balaban J connectivity index is 1.52. The van der Waals surface area contributed by atoms with Crippen molar-refractivity contribution < 1.29 is 8.42 Å². The number of nitrogens with zero attached hydrogens (tertiary/aromatic N) is 4. The lowest BCUT2D eigenvalue weighted by atomic mass is 9.87. The summed E-state index contributed by atoms with van der Waals surface area (Å²) in [6.07, 6.45) is 6.99. The van der Waals surface area contributed by atoms with Gasteiger partial charge in [-0.05, 0) is 48.7 Å². The topological polar surface area (TPSA) is 89.8 Å². The van der Waals surface area contributed by atoms with Crippen LogP contribution in [0.3, 0.4) is 0 Å². The molecule has 0 atom stereocenters. The van der Waals surface area contributed by atoms with E-state index in [9.17, 15) is 8.42 Å². The molecule has 0 aliphatic heterocycles. The summed E-state index contributed by atoms with van der Waals surface area (Å²) in [5.74, 6) is 1.05. The fourth-order valence-corrected chi connectivity index (χ4v) is 5.28. The van der Waals surface area contributed by atoms with Crippen molar-refractivity contribution in [2.75, 3.05) is 12.3 Å². The average Bonchev–Trinajstić information content (AvgIpc) is 3.03. The molecule has 2 aliphatic carbocycles. The molecule has 2 fully saturated rings. The molecule has 1 heterocycles. The van der Waals surface area contributed by atoms with Crippen LogP contribution in [0.4, 0.5) is 0 Å². The summed E-state index contributed by atoms with van der Waals surface area (Å²) in [4.78, 5) is 1.38. The van der Waals surface area contributed by atoms with E-state index < -0.39 is 10.0 Å². The number of aromatic nitrogens is 4. The quantitative estimate of drug-likeness (QED) is 0.805. The summed E-state index contributed by atoms with van der Waals surface area (Å²) < 4.78 is 26.9. The molecule has 0 radical (unpaired) electrons. The van der Waals surface area contributed by atoms with Gasteiger partial charge in [0, 0.05) is 6.54 Å². The first-order valence-corrected chi connectivity index (χ1v) is 8.40. The number of hydrogen-bond acceptors (Lipinski definition) is 5. The summed E-state index contributed by atoms with van der Waals surface area (Å²) in [6, 6.07) is 0. The van der Waals surface area contributed by atoms with Gasteiger partial charge in [0.05, 0.1) is 12.3 Å². The van der Waals surface area contributed by atoms with Crippen LogP contribution in [0.2, 0.25) is 0 Å². The van der Waals surface area contributed by atoms with Gasteiger partial charge < -0.3 is 0 Å². The van der Waals surface area contributed by atoms with Gasteiger partial charge in [-0.1, -0.05) is 0 Å². The van der Waals surface area contributed by atoms with E-state index in [-0.39, 0.29) is 11.2 Å². The van der Waals surface area contributed by atoms with Crippen molar-refractivity contribution in [1.82, 2.24) is 24.9 Å². The molecular formula is C11H19N5O2S. The molecule has 7 nitrogen and oxygen atoms in total. The third-order valence-electron chi connectivity index (χ3n) is 4.41. The van der Waals surface area contributed by atoms with Crippen molar-refractivity contribution in [2.24, 2.45) is 11.3 Å². The Morgan fingerprint density at radius 2 is 2.16 bits per heavy atom. The van der Waals surface area contributed by atoms with Gasteiger partial charge in [0.25, 0.3) is 0 Å². The molecule has 2 bridgehead atoms. The maximum atomic E-state index is 12.1. The van der Waals surface area contributed by atoms with E-state index in [0.717, 1.165) is 25.2 Å². The van der Waals surface area contributed by atoms with Crippen LogP contribution in [0, 0.1) is 11.3 Å². The first kappa shape index (κ1) is 13.0. The standard InChI is InChI=1S/C11H19N5O2S/c17-19(18,14-5-6-16-13-9-12-15-16)8-11-3-1-10(7-11)2-4-11/h9-10,14H,1-8H2. The molecule has 1 N–H and O–H groups in total. The number of nitrogens with one attached hydrogen (secondary N) is 1. The molecule has 0 saturated heterocycles. The molecule has 2 aliphatic rings. The smallest absolute Gasteiger partial charge is 0.212 e. The van der Waals surface area contributed by atoms with E-state index in [1.807, 2.05) is 0 Å². The average molecular weight is 285 g/mol. The van der Waals surface area contributed by atoms with E-state index in [2.05, 4.69) is 20.1 Å². The molecule has 1 aromatic heterocycles. The van der Waals surface area contributed by atoms with Gasteiger partial charge in [-0.15, -0.1) is 10.2 Å². The fourth-order valence-electron chi connectivity index (χ4n) is 3.56. The lowest BCUT2D eigenvalue weighted by Gasteiger charge is -2.25. The highest BCUT2D eigenvalue weighted by Gasteiger charge is 2.47. The van der Waals surface area contributed by atoms with Crippen LogP contribution in [-0.2, 0) is 16.6 Å². The van der Waals surface area contributed by atoms with Gasteiger partial charge in [-0.2, -0.15) is 4.80 Å². The highest BCUT2D eigenvalue weighted by Crippen LogP contribution is 2.54. The van der Waals surface area contributed by atoms with Crippen LogP contribution in [-0.4, -0.2) is 40.9 Å². The van der Waals surface area contributed by atoms with Crippen molar-refractivity contribution in [1.29, 1.82) is 0 Å². The molecule has 106 valence electrons. The van der Waals surface area contributed by atoms with E-state index in [1.54, 1.807) is 0 Å². The highest BCUT2D eigenvalue weighted by molar-refractivity contribution is 7.89. The number of fused-ring (bicyclic) bond motifs is 2. The fraction of sp³-hybridized carbons (Fsp3) is 0.909. The van der Waals surface area contributed by atoms with Gasteiger partial charge >= 0.3 is 0 Å². The van der Waals surface area contributed by atoms with E-state index >= 15 is 0 Å². The number of rotatable bonds is 6. The van der Waals surface area contributed by atoms with Gasteiger partial charge in [-0.25, -0.2) is 13.1 Å².